The van der Waals surface area contributed by atoms with Crippen molar-refractivity contribution in [3.63, 3.8) is 0 Å². The fourth-order valence-corrected chi connectivity index (χ4v) is 7.58. The van der Waals surface area contributed by atoms with Gasteiger partial charge in [0.25, 0.3) is 0 Å². The molecule has 250 valence electrons. The number of piperidine rings is 1. The molecule has 47 heavy (non-hydrogen) atoms. The van der Waals surface area contributed by atoms with Gasteiger partial charge in [-0.1, -0.05) is 25.4 Å². The summed E-state index contributed by atoms with van der Waals surface area (Å²) in [6, 6.07) is 8.84. The molecular weight excluding hydrogens is 632 g/mol. The highest BCUT2D eigenvalue weighted by atomic mass is 35.5. The van der Waals surface area contributed by atoms with Crippen LogP contribution in [-0.2, 0) is 0 Å². The lowest BCUT2D eigenvalue weighted by molar-refractivity contribution is 0.0982. The summed E-state index contributed by atoms with van der Waals surface area (Å²) in [7, 11) is 5.95. The molecule has 2 fully saturated rings. The van der Waals surface area contributed by atoms with Gasteiger partial charge in [-0.15, -0.1) is 0 Å². The van der Waals surface area contributed by atoms with E-state index in [0.29, 0.717) is 28.1 Å². The van der Waals surface area contributed by atoms with Gasteiger partial charge in [0.2, 0.25) is 5.95 Å². The summed E-state index contributed by atoms with van der Waals surface area (Å²) < 4.78 is 7.99. The standard InChI is InChI=1S/C34H45ClN10OS/c1-22(2)47-43(5)32-27(8-7-26-31(32)37-12-11-36-26)39-33-25(35)21-38-34(41-33)40-28-19-23(3)29(20-30(28)46-6)45-13-9-24(10-14-45)44-17-15-42(4)16-18-44/h7-8,11-12,19-22,24H,9-10,13-18H2,1-6H3,(H2,38,39,40,41). The molecule has 2 aliphatic heterocycles. The van der Waals surface area contributed by atoms with Crippen molar-refractivity contribution in [1.82, 2.24) is 29.7 Å². The molecule has 0 radical (unpaired) electrons. The van der Waals surface area contributed by atoms with Crippen molar-refractivity contribution < 1.29 is 4.74 Å². The minimum atomic E-state index is 0.372. The molecule has 4 heterocycles. The smallest absolute Gasteiger partial charge is 0.229 e. The highest BCUT2D eigenvalue weighted by Gasteiger charge is 2.28. The van der Waals surface area contributed by atoms with Crippen LogP contribution >= 0.6 is 23.5 Å². The number of hydrogen-bond acceptors (Lipinski definition) is 12. The Labute approximate surface area is 287 Å². The van der Waals surface area contributed by atoms with Crippen LogP contribution in [0.15, 0.2) is 42.9 Å². The van der Waals surface area contributed by atoms with Gasteiger partial charge in [0.1, 0.15) is 16.3 Å². The van der Waals surface area contributed by atoms with Crippen LogP contribution in [-0.4, -0.2) is 102 Å². The van der Waals surface area contributed by atoms with Crippen LogP contribution in [0, 0.1) is 6.92 Å². The molecule has 0 spiro atoms. The molecular formula is C34H45ClN10OS. The number of hydrogen-bond donors (Lipinski definition) is 2. The molecule has 4 aromatic rings. The zero-order chi connectivity index (χ0) is 33.1. The average Bonchev–Trinajstić information content (AvgIpc) is 3.06. The van der Waals surface area contributed by atoms with Gasteiger partial charge in [-0.2, -0.15) is 4.98 Å². The average molecular weight is 677 g/mol. The molecule has 0 unspecified atom stereocenters. The van der Waals surface area contributed by atoms with Crippen LogP contribution in [0.4, 0.5) is 34.5 Å². The number of aromatic nitrogens is 4. The van der Waals surface area contributed by atoms with E-state index < -0.39 is 0 Å². The van der Waals surface area contributed by atoms with Gasteiger partial charge in [0.15, 0.2) is 5.82 Å². The van der Waals surface area contributed by atoms with E-state index in [9.17, 15) is 0 Å². The quantitative estimate of drug-likeness (QED) is 0.178. The minimum absolute atomic E-state index is 0.372. The Morgan fingerprint density at radius 1 is 0.979 bits per heavy atom. The van der Waals surface area contributed by atoms with Crippen molar-refractivity contribution in [3.05, 3.63) is 53.4 Å². The summed E-state index contributed by atoms with van der Waals surface area (Å²) in [4.78, 5) is 26.0. The number of nitrogens with zero attached hydrogens (tertiary/aromatic N) is 8. The number of fused-ring (bicyclic) bond motifs is 1. The third-order valence-corrected chi connectivity index (χ3v) is 10.1. The van der Waals surface area contributed by atoms with Crippen molar-refractivity contribution in [3.8, 4) is 5.75 Å². The van der Waals surface area contributed by atoms with Crippen LogP contribution < -0.4 is 24.6 Å². The number of piperazine rings is 1. The number of benzene rings is 2. The number of nitrogens with one attached hydrogen (secondary N) is 2. The maximum atomic E-state index is 6.64. The molecule has 13 heteroatoms. The van der Waals surface area contributed by atoms with E-state index in [1.807, 2.05) is 19.2 Å². The van der Waals surface area contributed by atoms with Gasteiger partial charge in [0, 0.05) is 81.8 Å². The third kappa shape index (κ3) is 7.61. The van der Waals surface area contributed by atoms with E-state index in [1.165, 1.54) is 37.2 Å². The number of methoxy groups -OCH3 is 1. The lowest BCUT2D eigenvalue weighted by Crippen LogP contribution is -2.52. The van der Waals surface area contributed by atoms with E-state index in [1.54, 1.807) is 37.6 Å². The first kappa shape index (κ1) is 33.3. The Morgan fingerprint density at radius 3 is 2.45 bits per heavy atom. The molecule has 0 saturated carbocycles. The fraction of sp³-hybridized carbons (Fsp3) is 0.471. The third-order valence-electron chi connectivity index (χ3n) is 8.92. The van der Waals surface area contributed by atoms with Crippen molar-refractivity contribution in [2.24, 2.45) is 0 Å². The number of aryl methyl sites for hydroxylation is 1. The molecule has 0 bridgehead atoms. The van der Waals surface area contributed by atoms with Gasteiger partial charge in [-0.25, -0.2) is 4.98 Å². The van der Waals surface area contributed by atoms with Crippen molar-refractivity contribution in [2.45, 2.75) is 44.9 Å². The van der Waals surface area contributed by atoms with Gasteiger partial charge in [-0.05, 0) is 62.5 Å². The Balaban J connectivity index is 1.20. The molecule has 2 aromatic heterocycles. The lowest BCUT2D eigenvalue weighted by Gasteiger charge is -2.43. The van der Waals surface area contributed by atoms with Gasteiger partial charge >= 0.3 is 0 Å². The molecule has 0 amide bonds. The molecule has 2 N–H and O–H groups in total. The van der Waals surface area contributed by atoms with Gasteiger partial charge in [0.05, 0.1) is 35.9 Å². The first-order valence-electron chi connectivity index (χ1n) is 16.3. The second-order valence-corrected chi connectivity index (χ2v) is 14.7. The predicted molar refractivity (Wildman–Crippen MR) is 196 cm³/mol. The SMILES string of the molecule is COc1cc(N2CCC(N3CCN(C)CC3)CC2)c(C)cc1Nc1ncc(Cl)c(Nc2ccc3nccnc3c2N(C)SC(C)C)n1. The van der Waals surface area contributed by atoms with E-state index in [-0.39, 0.29) is 0 Å². The highest BCUT2D eigenvalue weighted by Crippen LogP contribution is 2.40. The van der Waals surface area contributed by atoms with Crippen LogP contribution in [0.1, 0.15) is 32.3 Å². The molecule has 6 rings (SSSR count). The zero-order valence-corrected chi connectivity index (χ0v) is 29.7. The van der Waals surface area contributed by atoms with Crippen molar-refractivity contribution in [1.29, 1.82) is 0 Å². The monoisotopic (exact) mass is 676 g/mol. The fourth-order valence-electron chi connectivity index (χ4n) is 6.52. The minimum Gasteiger partial charge on any atom is -0.494 e. The molecule has 11 nitrogen and oxygen atoms in total. The maximum absolute atomic E-state index is 6.64. The van der Waals surface area contributed by atoms with Gasteiger partial charge < -0.3 is 29.5 Å². The van der Waals surface area contributed by atoms with E-state index in [2.05, 4.69) is 84.5 Å². The molecule has 0 aliphatic carbocycles. The topological polar surface area (TPSA) is 97.8 Å². The van der Waals surface area contributed by atoms with Crippen LogP contribution in [0.25, 0.3) is 11.0 Å². The summed E-state index contributed by atoms with van der Waals surface area (Å²) in [6.07, 6.45) is 7.37. The molecule has 2 aromatic carbocycles. The Bertz CT molecular complexity index is 1690. The summed E-state index contributed by atoms with van der Waals surface area (Å²) in [5, 5.41) is 7.60. The summed E-state index contributed by atoms with van der Waals surface area (Å²) >= 11 is 8.35. The second-order valence-electron chi connectivity index (χ2n) is 12.6. The van der Waals surface area contributed by atoms with Crippen molar-refractivity contribution >= 4 is 69.1 Å². The van der Waals surface area contributed by atoms with E-state index >= 15 is 0 Å². The van der Waals surface area contributed by atoms with Crippen LogP contribution in [0.3, 0.4) is 0 Å². The molecule has 0 atom stereocenters. The van der Waals surface area contributed by atoms with Crippen LogP contribution in [0.2, 0.25) is 5.02 Å². The first-order valence-corrected chi connectivity index (χ1v) is 17.5. The Kier molecular flexibility index (Phi) is 10.4. The number of rotatable bonds is 10. The molecule has 2 aliphatic rings. The van der Waals surface area contributed by atoms with E-state index in [4.69, 9.17) is 21.3 Å². The van der Waals surface area contributed by atoms with Gasteiger partial charge in [-0.3, -0.25) is 14.9 Å². The largest absolute Gasteiger partial charge is 0.494 e. The number of likely N-dealkylation sites (N-methyl/N-ethyl adjacent to an activating group) is 1. The van der Waals surface area contributed by atoms with Crippen LogP contribution in [0.5, 0.6) is 5.75 Å². The molecule has 2 saturated heterocycles. The normalized spacial score (nSPS) is 16.6. The zero-order valence-electron chi connectivity index (χ0n) is 28.1. The first-order chi connectivity index (χ1) is 22.7. The summed E-state index contributed by atoms with van der Waals surface area (Å²) in [5.74, 6) is 1.62. The maximum Gasteiger partial charge on any atom is 0.229 e. The second kappa shape index (κ2) is 14.7. The summed E-state index contributed by atoms with van der Waals surface area (Å²) in [6.45, 7) is 13.2. The summed E-state index contributed by atoms with van der Waals surface area (Å²) in [5.41, 5.74) is 6.49. The number of ether oxygens (including phenoxy) is 1. The number of halogens is 1. The Hall–Kier alpha value is -3.58. The predicted octanol–water partition coefficient (Wildman–Crippen LogP) is 6.59. The lowest BCUT2D eigenvalue weighted by atomic mass is 10.0. The number of anilines is 6. The highest BCUT2D eigenvalue weighted by molar-refractivity contribution is 8.01. The van der Waals surface area contributed by atoms with Crippen molar-refractivity contribution in [2.75, 3.05) is 80.3 Å². The van der Waals surface area contributed by atoms with E-state index in [0.717, 1.165) is 60.0 Å². The Morgan fingerprint density at radius 2 is 1.72 bits per heavy atom.